The number of nitrogens with zero attached hydrogens (tertiary/aromatic N) is 4. The number of Topliss-reactive ketones (excluding diaryl/α,β-unsaturated/α-hetero) is 1. The maximum atomic E-state index is 14.2. The molecule has 0 saturated carbocycles. The summed E-state index contributed by atoms with van der Waals surface area (Å²) in [6.45, 7) is 3.36. The minimum Gasteiger partial charge on any atom is -0.370 e. The number of rotatable bonds is 4. The second-order valence-electron chi connectivity index (χ2n) is 7.04. The minimum atomic E-state index is -0.603. The summed E-state index contributed by atoms with van der Waals surface area (Å²) in [6.07, 6.45) is 0. The number of nitriles is 1. The number of anilines is 1. The summed E-state index contributed by atoms with van der Waals surface area (Å²) in [5, 5.41) is 13.4. The van der Waals surface area contributed by atoms with Crippen molar-refractivity contribution in [1.82, 2.24) is 9.78 Å². The van der Waals surface area contributed by atoms with Gasteiger partial charge < -0.3 is 4.90 Å². The van der Waals surface area contributed by atoms with Crippen LogP contribution in [0.25, 0.3) is 16.9 Å². The molecule has 0 atom stereocenters. The molecule has 2 heterocycles. The lowest BCUT2D eigenvalue weighted by atomic mass is 10.1. The predicted octanol–water partition coefficient (Wildman–Crippen LogP) is 3.65. The van der Waals surface area contributed by atoms with Gasteiger partial charge in [-0.2, -0.15) is 10.4 Å². The Bertz CT molecular complexity index is 1170. The third-order valence-corrected chi connectivity index (χ3v) is 7.37. The molecule has 0 bridgehead atoms. The molecule has 0 unspecified atom stereocenters. The van der Waals surface area contributed by atoms with E-state index >= 15 is 0 Å². The number of benzene rings is 2. The molecule has 152 valence electrons. The summed E-state index contributed by atoms with van der Waals surface area (Å²) < 4.78 is 15.8. The molecule has 1 fully saturated rings. The van der Waals surface area contributed by atoms with Gasteiger partial charge in [0.25, 0.3) is 0 Å². The van der Waals surface area contributed by atoms with Crippen LogP contribution in [-0.2, 0) is 20.6 Å². The Balaban J connectivity index is 1.72. The molecule has 0 spiro atoms. The molecule has 0 amide bonds. The Morgan fingerprint density at radius 2 is 1.80 bits per heavy atom. The molecule has 3 aromatic rings. The zero-order valence-electron chi connectivity index (χ0n) is 16.3. The van der Waals surface area contributed by atoms with Gasteiger partial charge in [-0.05, 0) is 42.5 Å². The molecule has 1 aliphatic heterocycles. The Labute approximate surface area is 181 Å². The molecule has 4 rings (SSSR count). The molecule has 30 heavy (non-hydrogen) atoms. The molecule has 1 aliphatic rings. The van der Waals surface area contributed by atoms with Gasteiger partial charge in [-0.25, -0.2) is 9.07 Å². The summed E-state index contributed by atoms with van der Waals surface area (Å²) in [5.41, 5.74) is 3.30. The van der Waals surface area contributed by atoms with Crippen LogP contribution in [0.2, 0.25) is 0 Å². The van der Waals surface area contributed by atoms with E-state index in [9.17, 15) is 9.18 Å². The van der Waals surface area contributed by atoms with E-state index in [-0.39, 0.29) is 20.8 Å². The van der Waals surface area contributed by atoms with Crippen molar-refractivity contribution in [3.63, 3.8) is 0 Å². The monoisotopic (exact) mass is 438 g/mol. The van der Waals surface area contributed by atoms with Crippen molar-refractivity contribution in [2.75, 3.05) is 29.5 Å². The number of carbonyl (C=O) groups excluding carboxylic acids is 1. The van der Waals surface area contributed by atoms with Crippen molar-refractivity contribution in [2.45, 2.75) is 6.92 Å². The second-order valence-corrected chi connectivity index (χ2v) is 10.2. The summed E-state index contributed by atoms with van der Waals surface area (Å²) in [5.74, 6) is 1.29. The van der Waals surface area contributed by atoms with Crippen molar-refractivity contribution in [2.24, 2.45) is 0 Å². The molecular weight excluding hydrogens is 419 g/mol. The van der Waals surface area contributed by atoms with Crippen molar-refractivity contribution in [3.05, 3.63) is 65.6 Å². The van der Waals surface area contributed by atoms with E-state index in [0.717, 1.165) is 36.0 Å². The van der Waals surface area contributed by atoms with Gasteiger partial charge in [0, 0.05) is 42.8 Å². The van der Waals surface area contributed by atoms with Gasteiger partial charge in [-0.1, -0.05) is 17.3 Å². The topological polar surface area (TPSA) is 61.9 Å². The first-order chi connectivity index (χ1) is 14.5. The standard InChI is InChI=1S/C22H19FN4OS2/c1-15(28)21-13-22(16-2-3-17(14-24)20(23)12-16)27(25-21)19-6-4-18(5-7-19)26-8-10-30(29)11-9-26/h2-7,12-13H,8-11H2,1H3. The molecule has 1 aromatic heterocycles. The van der Waals surface area contributed by atoms with Gasteiger partial charge in [-0.15, -0.1) is 9.45 Å². The Morgan fingerprint density at radius 1 is 1.13 bits per heavy atom. The highest BCUT2D eigenvalue weighted by Crippen LogP contribution is 2.27. The number of aromatic nitrogens is 2. The normalized spacial score (nSPS) is 14.5. The van der Waals surface area contributed by atoms with Gasteiger partial charge in [0.1, 0.15) is 17.6 Å². The van der Waals surface area contributed by atoms with Gasteiger partial charge in [0.05, 0.1) is 16.9 Å². The van der Waals surface area contributed by atoms with E-state index in [1.807, 2.05) is 30.3 Å². The molecule has 8 heteroatoms. The highest BCUT2D eigenvalue weighted by molar-refractivity contribution is 8.28. The molecule has 0 aliphatic carbocycles. The highest BCUT2D eigenvalue weighted by Gasteiger charge is 2.17. The molecule has 5 nitrogen and oxygen atoms in total. The van der Waals surface area contributed by atoms with Crippen LogP contribution < -0.4 is 4.90 Å². The maximum Gasteiger partial charge on any atom is 0.180 e. The SMILES string of the molecule is CC(=O)c1cc(-c2ccc(C#N)c(F)c2)n(-c2ccc(N3CCS(=S)CC3)cc2)n1. The van der Waals surface area contributed by atoms with Crippen molar-refractivity contribution < 1.29 is 9.18 Å². The number of halogens is 1. The van der Waals surface area contributed by atoms with Gasteiger partial charge >= 0.3 is 0 Å². The zero-order valence-corrected chi connectivity index (χ0v) is 18.0. The van der Waals surface area contributed by atoms with E-state index in [1.54, 1.807) is 16.8 Å². The van der Waals surface area contributed by atoms with Crippen molar-refractivity contribution in [1.29, 1.82) is 5.26 Å². The van der Waals surface area contributed by atoms with Crippen LogP contribution in [0.5, 0.6) is 0 Å². The van der Waals surface area contributed by atoms with Gasteiger partial charge in [-0.3, -0.25) is 4.79 Å². The zero-order chi connectivity index (χ0) is 21.3. The summed E-state index contributed by atoms with van der Waals surface area (Å²) >= 11 is 5.40. The predicted molar refractivity (Wildman–Crippen MR) is 120 cm³/mol. The Morgan fingerprint density at radius 3 is 2.40 bits per heavy atom. The van der Waals surface area contributed by atoms with Crippen molar-refractivity contribution in [3.8, 4) is 23.0 Å². The van der Waals surface area contributed by atoms with E-state index in [2.05, 4.69) is 10.00 Å². The fourth-order valence-corrected chi connectivity index (χ4v) is 4.92. The molecule has 0 radical (unpaired) electrons. The van der Waals surface area contributed by atoms with Crippen LogP contribution in [-0.4, -0.2) is 40.2 Å². The van der Waals surface area contributed by atoms with Crippen LogP contribution in [0.3, 0.4) is 0 Å². The van der Waals surface area contributed by atoms with Crippen molar-refractivity contribution >= 4 is 32.1 Å². The highest BCUT2D eigenvalue weighted by atomic mass is 32.8. The lowest BCUT2D eigenvalue weighted by Gasteiger charge is -2.29. The maximum absolute atomic E-state index is 14.2. The van der Waals surface area contributed by atoms with E-state index in [0.29, 0.717) is 17.0 Å². The van der Waals surface area contributed by atoms with Crippen LogP contribution in [0.4, 0.5) is 10.1 Å². The van der Waals surface area contributed by atoms with Crippen LogP contribution in [0.1, 0.15) is 23.0 Å². The Hall–Kier alpha value is -2.89. The minimum absolute atomic E-state index is 0.0237. The first-order valence-corrected chi connectivity index (χ1v) is 12.0. The number of hydrogen-bond acceptors (Lipinski definition) is 5. The molecule has 0 N–H and O–H groups in total. The van der Waals surface area contributed by atoms with Crippen LogP contribution in [0, 0.1) is 17.1 Å². The van der Waals surface area contributed by atoms with Crippen LogP contribution >= 0.6 is 0 Å². The fourth-order valence-electron chi connectivity index (χ4n) is 3.42. The summed E-state index contributed by atoms with van der Waals surface area (Å²) in [4.78, 5) is 14.2. The third kappa shape index (κ3) is 4.04. The number of hydrogen-bond donors (Lipinski definition) is 0. The lowest BCUT2D eigenvalue weighted by molar-refractivity contribution is 0.101. The van der Waals surface area contributed by atoms with Crippen LogP contribution in [0.15, 0.2) is 48.5 Å². The number of ketones is 1. The quantitative estimate of drug-likeness (QED) is 0.582. The smallest absolute Gasteiger partial charge is 0.180 e. The summed E-state index contributed by atoms with van der Waals surface area (Å²) in [6, 6.07) is 15.8. The first-order valence-electron chi connectivity index (χ1n) is 9.47. The van der Waals surface area contributed by atoms with E-state index < -0.39 is 5.82 Å². The molecule has 2 aromatic carbocycles. The lowest BCUT2D eigenvalue weighted by Crippen LogP contribution is -2.37. The third-order valence-electron chi connectivity index (χ3n) is 5.09. The second kappa shape index (κ2) is 8.46. The fraction of sp³-hybridized carbons (Fsp3) is 0.227. The number of carbonyl (C=O) groups is 1. The van der Waals surface area contributed by atoms with E-state index in [1.165, 1.54) is 19.1 Å². The Kier molecular flexibility index (Phi) is 5.75. The van der Waals surface area contributed by atoms with E-state index in [4.69, 9.17) is 16.4 Å². The largest absolute Gasteiger partial charge is 0.370 e. The van der Waals surface area contributed by atoms with Gasteiger partial charge in [0.15, 0.2) is 5.78 Å². The van der Waals surface area contributed by atoms with Gasteiger partial charge in [0.2, 0.25) is 0 Å². The molecular formula is C22H19FN4OS2. The summed E-state index contributed by atoms with van der Waals surface area (Å²) in [7, 11) is 0.0955. The molecule has 1 saturated heterocycles. The first kappa shape index (κ1) is 20.4. The average molecular weight is 439 g/mol. The average Bonchev–Trinajstić information content (AvgIpc) is 3.20.